The van der Waals surface area contributed by atoms with Crippen molar-refractivity contribution in [2.75, 3.05) is 20.2 Å². The second kappa shape index (κ2) is 7.36. The number of piperidine rings is 1. The van der Waals surface area contributed by atoms with Gasteiger partial charge in [0.15, 0.2) is 5.82 Å². The number of aromatic nitrogens is 3. The fraction of sp³-hybridized carbons (Fsp3) is 0.467. The molecule has 1 saturated heterocycles. The minimum atomic E-state index is -3.70. The van der Waals surface area contributed by atoms with Crippen molar-refractivity contribution in [3.63, 3.8) is 0 Å². The first-order valence-corrected chi connectivity index (χ1v) is 9.58. The van der Waals surface area contributed by atoms with Crippen LogP contribution in [-0.2, 0) is 21.4 Å². The van der Waals surface area contributed by atoms with Crippen LogP contribution in [0.3, 0.4) is 0 Å². The monoisotopic (exact) mass is 388 g/mol. The molecule has 0 atom stereocenters. The Labute approximate surface area is 150 Å². The van der Waals surface area contributed by atoms with Crippen LogP contribution in [0.15, 0.2) is 29.4 Å². The van der Waals surface area contributed by atoms with Gasteiger partial charge >= 0.3 is 0 Å². The van der Waals surface area contributed by atoms with Crippen LogP contribution < -0.4 is 0 Å². The van der Waals surface area contributed by atoms with Gasteiger partial charge in [0, 0.05) is 26.2 Å². The van der Waals surface area contributed by atoms with E-state index in [1.54, 1.807) is 13.4 Å². The number of hydrogen-bond donors (Lipinski definition) is 0. The van der Waals surface area contributed by atoms with Gasteiger partial charge in [0.05, 0.1) is 9.92 Å². The molecule has 1 aromatic heterocycles. The Balaban J connectivity index is 1.73. The van der Waals surface area contributed by atoms with E-state index in [-0.39, 0.29) is 16.0 Å². The Kier molecular flexibility index (Phi) is 5.38. The van der Waals surface area contributed by atoms with Gasteiger partial charge in [-0.15, -0.1) is 10.2 Å². The molecule has 2 heterocycles. The van der Waals surface area contributed by atoms with Crippen molar-refractivity contribution in [2.45, 2.75) is 30.4 Å². The van der Waals surface area contributed by atoms with E-state index in [0.717, 1.165) is 12.1 Å². The van der Waals surface area contributed by atoms with Crippen molar-refractivity contribution >= 4 is 21.6 Å². The molecule has 0 radical (unpaired) electrons. The molecule has 0 unspecified atom stereocenters. The van der Waals surface area contributed by atoms with E-state index in [4.69, 9.17) is 16.3 Å². The average molecular weight is 389 g/mol. The number of halogens is 2. The summed E-state index contributed by atoms with van der Waals surface area (Å²) in [6.07, 6.45) is 2.90. The van der Waals surface area contributed by atoms with Crippen LogP contribution in [-0.4, -0.2) is 47.7 Å². The fourth-order valence-corrected chi connectivity index (χ4v) is 4.69. The van der Waals surface area contributed by atoms with Gasteiger partial charge in [-0.3, -0.25) is 0 Å². The summed E-state index contributed by atoms with van der Waals surface area (Å²) in [6, 6.07) is 3.56. The molecular weight excluding hydrogens is 371 g/mol. The quantitative estimate of drug-likeness (QED) is 0.785. The van der Waals surface area contributed by atoms with Gasteiger partial charge in [-0.2, -0.15) is 4.31 Å². The number of nitrogens with zero attached hydrogens (tertiary/aromatic N) is 4. The summed E-state index contributed by atoms with van der Waals surface area (Å²) >= 11 is 5.71. The summed E-state index contributed by atoms with van der Waals surface area (Å²) < 4.78 is 47.1. The van der Waals surface area contributed by atoms with Gasteiger partial charge in [0.1, 0.15) is 18.8 Å². The summed E-state index contributed by atoms with van der Waals surface area (Å²) in [5.74, 6) is 0.0757. The van der Waals surface area contributed by atoms with E-state index in [1.807, 2.05) is 4.57 Å². The summed E-state index contributed by atoms with van der Waals surface area (Å²) in [5, 5.41) is 7.72. The lowest BCUT2D eigenvalue weighted by atomic mass is 10.1. The third kappa shape index (κ3) is 3.69. The molecule has 1 aliphatic heterocycles. The molecule has 0 N–H and O–H groups in total. The van der Waals surface area contributed by atoms with E-state index in [0.29, 0.717) is 38.4 Å². The Morgan fingerprint density at radius 2 is 2.08 bits per heavy atom. The molecule has 0 spiro atoms. The van der Waals surface area contributed by atoms with Crippen LogP contribution in [0, 0.1) is 5.82 Å². The maximum Gasteiger partial charge on any atom is 0.243 e. The van der Waals surface area contributed by atoms with Gasteiger partial charge in [0.25, 0.3) is 0 Å². The highest BCUT2D eigenvalue weighted by molar-refractivity contribution is 7.89. The minimum Gasteiger partial charge on any atom is -0.377 e. The van der Waals surface area contributed by atoms with Gasteiger partial charge in [0.2, 0.25) is 10.0 Å². The molecule has 3 rings (SSSR count). The average Bonchev–Trinajstić information content (AvgIpc) is 3.06. The summed E-state index contributed by atoms with van der Waals surface area (Å²) in [7, 11) is -2.11. The Bertz CT molecular complexity index is 850. The van der Waals surface area contributed by atoms with E-state index >= 15 is 0 Å². The lowest BCUT2D eigenvalue weighted by Gasteiger charge is -2.32. The second-order valence-electron chi connectivity index (χ2n) is 5.80. The molecule has 0 saturated carbocycles. The predicted octanol–water partition coefficient (Wildman–Crippen LogP) is 2.24. The van der Waals surface area contributed by atoms with Gasteiger partial charge in [-0.25, -0.2) is 12.8 Å². The molecule has 25 heavy (non-hydrogen) atoms. The molecule has 10 heteroatoms. The van der Waals surface area contributed by atoms with Crippen LogP contribution in [0.25, 0.3) is 0 Å². The first-order valence-electron chi connectivity index (χ1n) is 7.76. The van der Waals surface area contributed by atoms with Crippen LogP contribution in [0.1, 0.15) is 24.7 Å². The summed E-state index contributed by atoms with van der Waals surface area (Å²) in [4.78, 5) is 0.00159. The van der Waals surface area contributed by atoms with Crippen molar-refractivity contribution in [3.05, 3.63) is 41.2 Å². The first-order chi connectivity index (χ1) is 11.9. The second-order valence-corrected chi connectivity index (χ2v) is 8.14. The minimum absolute atomic E-state index is 0.00159. The van der Waals surface area contributed by atoms with E-state index in [2.05, 4.69) is 10.2 Å². The van der Waals surface area contributed by atoms with Crippen LogP contribution in [0.2, 0.25) is 5.02 Å². The third-order valence-corrected chi connectivity index (χ3v) is 6.45. The van der Waals surface area contributed by atoms with Gasteiger partial charge in [-0.05, 0) is 31.0 Å². The van der Waals surface area contributed by atoms with Crippen molar-refractivity contribution in [2.24, 2.45) is 0 Å². The van der Waals surface area contributed by atoms with Crippen LogP contribution >= 0.6 is 11.6 Å². The first kappa shape index (κ1) is 18.2. The number of benzene rings is 1. The third-order valence-electron chi connectivity index (χ3n) is 4.27. The highest BCUT2D eigenvalue weighted by atomic mass is 35.5. The van der Waals surface area contributed by atoms with Crippen molar-refractivity contribution < 1.29 is 17.5 Å². The standard InChI is InChI=1S/C15H18ClFN4O3S/c1-24-9-15-19-18-10-21(15)11-4-6-20(7-5-11)25(22,23)12-2-3-14(17)13(16)8-12/h2-3,8,10-11H,4-7,9H2,1H3. The highest BCUT2D eigenvalue weighted by Crippen LogP contribution is 2.29. The molecule has 136 valence electrons. The topological polar surface area (TPSA) is 77.3 Å². The maximum atomic E-state index is 13.3. The molecule has 0 bridgehead atoms. The summed E-state index contributed by atoms with van der Waals surface area (Å²) in [6.45, 7) is 1.06. The SMILES string of the molecule is COCc1nncn1C1CCN(S(=O)(=O)c2ccc(F)c(Cl)c2)CC1. The molecule has 2 aromatic rings. The molecule has 7 nitrogen and oxygen atoms in total. The van der Waals surface area contributed by atoms with Crippen molar-refractivity contribution in [1.29, 1.82) is 0 Å². The molecule has 1 aromatic carbocycles. The van der Waals surface area contributed by atoms with E-state index in [9.17, 15) is 12.8 Å². The molecule has 0 amide bonds. The lowest BCUT2D eigenvalue weighted by Crippen LogP contribution is -2.39. The maximum absolute atomic E-state index is 13.3. The highest BCUT2D eigenvalue weighted by Gasteiger charge is 2.31. The zero-order chi connectivity index (χ0) is 18.0. The number of ether oxygens (including phenoxy) is 1. The lowest BCUT2D eigenvalue weighted by molar-refractivity contribution is 0.167. The Morgan fingerprint density at radius 3 is 2.72 bits per heavy atom. The number of hydrogen-bond acceptors (Lipinski definition) is 5. The van der Waals surface area contributed by atoms with Gasteiger partial charge < -0.3 is 9.30 Å². The number of methoxy groups -OCH3 is 1. The number of sulfonamides is 1. The van der Waals surface area contributed by atoms with Crippen LogP contribution in [0.5, 0.6) is 0 Å². The zero-order valence-electron chi connectivity index (χ0n) is 13.6. The van der Waals surface area contributed by atoms with Crippen molar-refractivity contribution in [3.8, 4) is 0 Å². The molecular formula is C15H18ClFN4O3S. The normalized spacial score (nSPS) is 17.1. The zero-order valence-corrected chi connectivity index (χ0v) is 15.2. The predicted molar refractivity (Wildman–Crippen MR) is 89.2 cm³/mol. The van der Waals surface area contributed by atoms with Crippen molar-refractivity contribution in [1.82, 2.24) is 19.1 Å². The smallest absolute Gasteiger partial charge is 0.243 e. The van der Waals surface area contributed by atoms with Gasteiger partial charge in [-0.1, -0.05) is 11.6 Å². The molecule has 1 aliphatic rings. The van der Waals surface area contributed by atoms with Crippen LogP contribution in [0.4, 0.5) is 4.39 Å². The molecule has 1 fully saturated rings. The molecule has 0 aliphatic carbocycles. The summed E-state index contributed by atoms with van der Waals surface area (Å²) in [5.41, 5.74) is 0. The Hall–Kier alpha value is -1.55. The number of rotatable bonds is 5. The van der Waals surface area contributed by atoms with E-state index in [1.165, 1.54) is 10.4 Å². The Morgan fingerprint density at radius 1 is 1.36 bits per heavy atom. The fourth-order valence-electron chi connectivity index (χ4n) is 2.95. The van der Waals surface area contributed by atoms with E-state index < -0.39 is 15.8 Å². The largest absolute Gasteiger partial charge is 0.377 e.